The second kappa shape index (κ2) is 5.07. The van der Waals surface area contributed by atoms with E-state index in [0.717, 1.165) is 13.0 Å². The highest BCUT2D eigenvalue weighted by atomic mass is 16.5. The number of nitrogens with zero attached hydrogens (tertiary/aromatic N) is 2. The predicted octanol–water partition coefficient (Wildman–Crippen LogP) is 0.541. The summed E-state index contributed by atoms with van der Waals surface area (Å²) in [7, 11) is 0. The Morgan fingerprint density at radius 1 is 1.69 bits per heavy atom. The summed E-state index contributed by atoms with van der Waals surface area (Å²) in [6, 6.07) is 0.385. The molecule has 1 aromatic heterocycles. The first-order valence-corrected chi connectivity index (χ1v) is 5.52. The van der Waals surface area contributed by atoms with Crippen LogP contribution in [0.2, 0.25) is 0 Å². The molecule has 1 aliphatic heterocycles. The van der Waals surface area contributed by atoms with Crippen molar-refractivity contribution in [2.75, 3.05) is 13.2 Å². The molecule has 1 fully saturated rings. The number of aromatic nitrogens is 2. The topological polar surface area (TPSA) is 77.2 Å². The summed E-state index contributed by atoms with van der Waals surface area (Å²) in [6.45, 7) is 3.08. The smallest absolute Gasteiger partial charge is 0.379 e. The van der Waals surface area contributed by atoms with E-state index in [1.165, 1.54) is 6.42 Å². The van der Waals surface area contributed by atoms with E-state index in [0.29, 0.717) is 25.0 Å². The molecular formula is C10H15N3O3. The lowest BCUT2D eigenvalue weighted by atomic mass is 10.1. The van der Waals surface area contributed by atoms with E-state index in [2.05, 4.69) is 15.5 Å². The molecule has 0 saturated carbocycles. The van der Waals surface area contributed by atoms with Crippen LogP contribution in [-0.2, 0) is 11.2 Å². The molecule has 1 aliphatic rings. The minimum Gasteiger partial charge on any atom is -0.460 e. The quantitative estimate of drug-likeness (QED) is 0.754. The lowest BCUT2D eigenvalue weighted by Gasteiger charge is -2.04. The summed E-state index contributed by atoms with van der Waals surface area (Å²) in [5.74, 6) is -0.0332. The highest BCUT2D eigenvalue weighted by Gasteiger charge is 2.20. The van der Waals surface area contributed by atoms with Gasteiger partial charge in [-0.1, -0.05) is 0 Å². The Labute approximate surface area is 93.4 Å². The molecule has 0 bridgehead atoms. The van der Waals surface area contributed by atoms with Crippen molar-refractivity contribution in [1.82, 2.24) is 15.5 Å². The van der Waals surface area contributed by atoms with Crippen molar-refractivity contribution < 1.29 is 14.1 Å². The molecule has 0 spiro atoms. The van der Waals surface area contributed by atoms with E-state index in [1.807, 2.05) is 0 Å². The third kappa shape index (κ3) is 2.57. The number of nitrogens with one attached hydrogen (secondary N) is 1. The number of hydrogen-bond acceptors (Lipinski definition) is 6. The molecule has 0 aromatic carbocycles. The Morgan fingerprint density at radius 3 is 3.25 bits per heavy atom. The van der Waals surface area contributed by atoms with E-state index in [1.54, 1.807) is 6.92 Å². The monoisotopic (exact) mass is 225 g/mol. The summed E-state index contributed by atoms with van der Waals surface area (Å²) in [4.78, 5) is 15.3. The number of carbonyl (C=O) groups excluding carboxylic acids is 1. The zero-order chi connectivity index (χ0) is 11.4. The van der Waals surface area contributed by atoms with Crippen LogP contribution in [0.5, 0.6) is 0 Å². The third-order valence-corrected chi connectivity index (χ3v) is 2.51. The molecule has 0 aliphatic carbocycles. The third-order valence-electron chi connectivity index (χ3n) is 2.51. The summed E-state index contributed by atoms with van der Waals surface area (Å²) in [5.41, 5.74) is 0. The van der Waals surface area contributed by atoms with Gasteiger partial charge in [0.05, 0.1) is 6.61 Å². The average Bonchev–Trinajstić information content (AvgIpc) is 2.90. The van der Waals surface area contributed by atoms with Gasteiger partial charge >= 0.3 is 5.97 Å². The van der Waals surface area contributed by atoms with Gasteiger partial charge in [-0.3, -0.25) is 0 Å². The highest BCUT2D eigenvalue weighted by Crippen LogP contribution is 2.10. The predicted molar refractivity (Wildman–Crippen MR) is 55.0 cm³/mol. The first kappa shape index (κ1) is 11.1. The Hall–Kier alpha value is -1.43. The summed E-state index contributed by atoms with van der Waals surface area (Å²) >= 11 is 0. The van der Waals surface area contributed by atoms with E-state index in [-0.39, 0.29) is 5.82 Å². The zero-order valence-electron chi connectivity index (χ0n) is 9.23. The number of hydrogen-bond donors (Lipinski definition) is 1. The zero-order valence-corrected chi connectivity index (χ0v) is 9.23. The van der Waals surface area contributed by atoms with Gasteiger partial charge < -0.3 is 14.6 Å². The van der Waals surface area contributed by atoms with Gasteiger partial charge in [-0.05, 0) is 31.5 Å². The van der Waals surface area contributed by atoms with Gasteiger partial charge in [0.1, 0.15) is 0 Å². The summed E-state index contributed by atoms with van der Waals surface area (Å²) in [5, 5.41) is 6.91. The van der Waals surface area contributed by atoms with Crippen LogP contribution in [0.25, 0.3) is 0 Å². The second-order valence-corrected chi connectivity index (χ2v) is 3.73. The van der Waals surface area contributed by atoms with Gasteiger partial charge in [-0.2, -0.15) is 4.98 Å². The Bertz CT molecular complexity index is 358. The van der Waals surface area contributed by atoms with Crippen molar-refractivity contribution in [3.05, 3.63) is 11.7 Å². The largest absolute Gasteiger partial charge is 0.460 e. The van der Waals surface area contributed by atoms with E-state index >= 15 is 0 Å². The maximum absolute atomic E-state index is 11.3. The van der Waals surface area contributed by atoms with Crippen LogP contribution >= 0.6 is 0 Å². The molecule has 1 saturated heterocycles. The minimum atomic E-state index is -0.531. The number of carbonyl (C=O) groups is 1. The molecule has 2 heterocycles. The molecule has 1 N–H and O–H groups in total. The molecular weight excluding hydrogens is 210 g/mol. The molecule has 1 atom stereocenters. The van der Waals surface area contributed by atoms with Crippen molar-refractivity contribution in [1.29, 1.82) is 0 Å². The van der Waals surface area contributed by atoms with Gasteiger partial charge in [0, 0.05) is 12.5 Å². The molecule has 2 rings (SSSR count). The fraction of sp³-hybridized carbons (Fsp3) is 0.700. The van der Waals surface area contributed by atoms with Crippen LogP contribution in [0, 0.1) is 0 Å². The summed E-state index contributed by atoms with van der Waals surface area (Å²) < 4.78 is 9.76. The second-order valence-electron chi connectivity index (χ2n) is 3.73. The molecule has 0 amide bonds. The SMILES string of the molecule is CCOC(=O)c1noc(CC2CCCN2)n1. The minimum absolute atomic E-state index is 0.00912. The Kier molecular flexibility index (Phi) is 3.51. The molecule has 88 valence electrons. The van der Waals surface area contributed by atoms with E-state index in [4.69, 9.17) is 9.26 Å². The van der Waals surface area contributed by atoms with Crippen LogP contribution < -0.4 is 5.32 Å². The fourth-order valence-corrected chi connectivity index (χ4v) is 1.76. The highest BCUT2D eigenvalue weighted by molar-refractivity contribution is 5.84. The van der Waals surface area contributed by atoms with Gasteiger partial charge in [-0.25, -0.2) is 4.79 Å². The number of rotatable bonds is 4. The summed E-state index contributed by atoms with van der Waals surface area (Å²) in [6.07, 6.45) is 2.95. The maximum Gasteiger partial charge on any atom is 0.379 e. The molecule has 16 heavy (non-hydrogen) atoms. The lowest BCUT2D eigenvalue weighted by molar-refractivity contribution is 0.0508. The van der Waals surface area contributed by atoms with Gasteiger partial charge in [0.15, 0.2) is 0 Å². The van der Waals surface area contributed by atoms with Crippen molar-refractivity contribution in [3.8, 4) is 0 Å². The average molecular weight is 225 g/mol. The maximum atomic E-state index is 11.3. The van der Waals surface area contributed by atoms with Crippen LogP contribution in [0.3, 0.4) is 0 Å². The van der Waals surface area contributed by atoms with E-state index < -0.39 is 5.97 Å². The van der Waals surface area contributed by atoms with Crippen LogP contribution in [0.1, 0.15) is 36.3 Å². The first-order valence-electron chi connectivity index (χ1n) is 5.52. The number of esters is 1. The molecule has 6 nitrogen and oxygen atoms in total. The van der Waals surface area contributed by atoms with Gasteiger partial charge in [0.25, 0.3) is 5.82 Å². The molecule has 6 heteroatoms. The van der Waals surface area contributed by atoms with Gasteiger partial charge in [0.2, 0.25) is 5.89 Å². The molecule has 0 radical (unpaired) electrons. The Balaban J connectivity index is 1.93. The molecule has 1 unspecified atom stereocenters. The van der Waals surface area contributed by atoms with Crippen molar-refractivity contribution in [2.45, 2.75) is 32.2 Å². The van der Waals surface area contributed by atoms with Crippen molar-refractivity contribution in [3.63, 3.8) is 0 Å². The Morgan fingerprint density at radius 2 is 2.56 bits per heavy atom. The molecule has 1 aromatic rings. The number of ether oxygens (including phenoxy) is 1. The van der Waals surface area contributed by atoms with E-state index in [9.17, 15) is 4.79 Å². The first-order chi connectivity index (χ1) is 7.79. The van der Waals surface area contributed by atoms with Crippen molar-refractivity contribution >= 4 is 5.97 Å². The van der Waals surface area contributed by atoms with Crippen LogP contribution in [0.4, 0.5) is 0 Å². The van der Waals surface area contributed by atoms with Gasteiger partial charge in [-0.15, -0.1) is 0 Å². The lowest BCUT2D eigenvalue weighted by Crippen LogP contribution is -2.23. The fourth-order valence-electron chi connectivity index (χ4n) is 1.76. The normalized spacial score (nSPS) is 19.9. The standard InChI is InChI=1S/C10H15N3O3/c1-2-15-10(14)9-12-8(16-13-9)6-7-4-3-5-11-7/h7,11H,2-6H2,1H3. The van der Waals surface area contributed by atoms with Crippen LogP contribution in [-0.4, -0.2) is 35.3 Å². The van der Waals surface area contributed by atoms with Crippen LogP contribution in [0.15, 0.2) is 4.52 Å². The van der Waals surface area contributed by atoms with Crippen molar-refractivity contribution in [2.24, 2.45) is 0 Å².